The second kappa shape index (κ2) is 8.64. The maximum atomic E-state index is 13.0. The SMILES string of the molecule is CC[C@]1(c2ccccc2)NC(=O)N(NC(=O)COc2ccc(C=O)cc2OC)C1=O. The Morgan fingerprint density at radius 1 is 1.17 bits per heavy atom. The Morgan fingerprint density at radius 2 is 1.90 bits per heavy atom. The molecule has 1 saturated heterocycles. The summed E-state index contributed by atoms with van der Waals surface area (Å²) in [5.74, 6) is -0.776. The Balaban J connectivity index is 1.69. The molecule has 0 aliphatic carbocycles. The topological polar surface area (TPSA) is 114 Å². The molecule has 0 spiro atoms. The summed E-state index contributed by atoms with van der Waals surface area (Å²) < 4.78 is 10.5. The number of benzene rings is 2. The van der Waals surface area contributed by atoms with Crippen molar-refractivity contribution in [2.45, 2.75) is 18.9 Å². The molecule has 9 nitrogen and oxygen atoms in total. The summed E-state index contributed by atoms with van der Waals surface area (Å²) in [6.45, 7) is 1.30. The fraction of sp³-hybridized carbons (Fsp3) is 0.238. The smallest absolute Gasteiger partial charge is 0.344 e. The predicted molar refractivity (Wildman–Crippen MR) is 106 cm³/mol. The Bertz CT molecular complexity index is 978. The molecule has 2 N–H and O–H groups in total. The van der Waals surface area contributed by atoms with Crippen molar-refractivity contribution in [1.29, 1.82) is 0 Å². The van der Waals surface area contributed by atoms with E-state index in [2.05, 4.69) is 10.7 Å². The first-order valence-corrected chi connectivity index (χ1v) is 9.23. The second-order valence-electron chi connectivity index (χ2n) is 6.55. The normalized spacial score (nSPS) is 18.0. The van der Waals surface area contributed by atoms with Crippen LogP contribution in [-0.2, 0) is 15.1 Å². The number of rotatable bonds is 8. The number of aldehydes is 1. The molecule has 0 aromatic heterocycles. The number of carbonyl (C=O) groups is 4. The van der Waals surface area contributed by atoms with E-state index < -0.39 is 30.0 Å². The highest BCUT2D eigenvalue weighted by Gasteiger charge is 2.52. The van der Waals surface area contributed by atoms with Crippen LogP contribution in [0.15, 0.2) is 48.5 Å². The summed E-state index contributed by atoms with van der Waals surface area (Å²) in [5.41, 5.74) is 2.04. The minimum atomic E-state index is -1.25. The molecule has 1 heterocycles. The van der Waals surface area contributed by atoms with Crippen LogP contribution in [0.3, 0.4) is 0 Å². The van der Waals surface area contributed by atoms with E-state index in [0.717, 1.165) is 0 Å². The molecule has 2 aromatic rings. The zero-order valence-electron chi connectivity index (χ0n) is 16.5. The Kier molecular flexibility index (Phi) is 6.01. The fourth-order valence-corrected chi connectivity index (χ4v) is 3.22. The van der Waals surface area contributed by atoms with Crippen LogP contribution in [0, 0.1) is 0 Å². The van der Waals surface area contributed by atoms with Gasteiger partial charge in [-0.3, -0.25) is 19.8 Å². The first-order valence-electron chi connectivity index (χ1n) is 9.23. The zero-order valence-corrected chi connectivity index (χ0v) is 16.5. The lowest BCUT2D eigenvalue weighted by atomic mass is 9.87. The molecule has 2 aromatic carbocycles. The average molecular weight is 411 g/mol. The summed E-state index contributed by atoms with van der Waals surface area (Å²) in [6, 6.07) is 12.6. The van der Waals surface area contributed by atoms with Crippen molar-refractivity contribution in [2.24, 2.45) is 0 Å². The number of urea groups is 1. The number of nitrogens with one attached hydrogen (secondary N) is 2. The number of hydrogen-bond donors (Lipinski definition) is 2. The molecule has 9 heteroatoms. The van der Waals surface area contributed by atoms with Crippen LogP contribution in [0.5, 0.6) is 11.5 Å². The van der Waals surface area contributed by atoms with E-state index >= 15 is 0 Å². The Hall–Kier alpha value is -3.88. The lowest BCUT2D eigenvalue weighted by molar-refractivity contribution is -0.140. The molecule has 4 amide bonds. The number of amides is 4. The molecule has 1 atom stereocenters. The molecule has 3 rings (SSSR count). The quantitative estimate of drug-likeness (QED) is 0.506. The van der Waals surface area contributed by atoms with E-state index in [1.54, 1.807) is 37.3 Å². The second-order valence-corrected chi connectivity index (χ2v) is 6.55. The van der Waals surface area contributed by atoms with Gasteiger partial charge in [0.05, 0.1) is 7.11 Å². The van der Waals surface area contributed by atoms with Crippen LogP contribution in [0.4, 0.5) is 4.79 Å². The van der Waals surface area contributed by atoms with Crippen molar-refractivity contribution in [3.05, 3.63) is 59.7 Å². The summed E-state index contributed by atoms with van der Waals surface area (Å²) in [4.78, 5) is 48.5. The van der Waals surface area contributed by atoms with Gasteiger partial charge in [-0.25, -0.2) is 4.79 Å². The Morgan fingerprint density at radius 3 is 2.53 bits per heavy atom. The summed E-state index contributed by atoms with van der Waals surface area (Å²) in [6.07, 6.45) is 0.966. The third-order valence-corrected chi connectivity index (χ3v) is 4.81. The van der Waals surface area contributed by atoms with Gasteiger partial charge in [0.15, 0.2) is 18.1 Å². The van der Waals surface area contributed by atoms with Crippen LogP contribution in [0.2, 0.25) is 0 Å². The summed E-state index contributed by atoms with van der Waals surface area (Å²) in [5, 5.41) is 3.33. The number of ether oxygens (including phenoxy) is 2. The average Bonchev–Trinajstić information content (AvgIpc) is 3.03. The van der Waals surface area contributed by atoms with Crippen molar-refractivity contribution in [3.8, 4) is 11.5 Å². The Labute approximate surface area is 172 Å². The van der Waals surface area contributed by atoms with Gasteiger partial charge in [-0.15, -0.1) is 0 Å². The number of nitrogens with zero attached hydrogens (tertiary/aromatic N) is 1. The standard InChI is InChI=1S/C21H21N3O6/c1-3-21(15-7-5-4-6-8-15)19(27)24(20(28)22-21)23-18(26)13-30-16-10-9-14(12-25)11-17(16)29-2/h4-12H,3,13H2,1-2H3,(H,22,28)(H,23,26)/t21-/m1/s1. The number of imide groups is 1. The van der Waals surface area contributed by atoms with E-state index in [1.165, 1.54) is 25.3 Å². The summed E-state index contributed by atoms with van der Waals surface area (Å²) >= 11 is 0. The highest BCUT2D eigenvalue weighted by atomic mass is 16.5. The van der Waals surface area contributed by atoms with Gasteiger partial charge in [-0.1, -0.05) is 37.3 Å². The molecular formula is C21H21N3O6. The largest absolute Gasteiger partial charge is 0.493 e. The van der Waals surface area contributed by atoms with Crippen LogP contribution in [0.1, 0.15) is 29.3 Å². The molecule has 156 valence electrons. The third kappa shape index (κ3) is 3.82. The molecule has 30 heavy (non-hydrogen) atoms. The number of carbonyl (C=O) groups excluding carboxylic acids is 4. The van der Waals surface area contributed by atoms with Gasteiger partial charge in [-0.05, 0) is 30.2 Å². The first-order chi connectivity index (χ1) is 14.4. The maximum absolute atomic E-state index is 13.0. The van der Waals surface area contributed by atoms with Crippen molar-refractivity contribution in [3.63, 3.8) is 0 Å². The minimum absolute atomic E-state index is 0.239. The van der Waals surface area contributed by atoms with Crippen LogP contribution >= 0.6 is 0 Å². The van der Waals surface area contributed by atoms with Gasteiger partial charge in [0, 0.05) is 5.56 Å². The van der Waals surface area contributed by atoms with Gasteiger partial charge in [0.25, 0.3) is 11.8 Å². The zero-order chi connectivity index (χ0) is 21.7. The van der Waals surface area contributed by atoms with Gasteiger partial charge in [0.1, 0.15) is 11.8 Å². The van der Waals surface area contributed by atoms with Crippen molar-refractivity contribution < 1.29 is 28.7 Å². The lowest BCUT2D eigenvalue weighted by Gasteiger charge is -2.25. The van der Waals surface area contributed by atoms with E-state index in [0.29, 0.717) is 28.8 Å². The molecule has 1 aliphatic rings. The maximum Gasteiger partial charge on any atom is 0.344 e. The predicted octanol–water partition coefficient (Wildman–Crippen LogP) is 1.77. The molecule has 0 unspecified atom stereocenters. The monoisotopic (exact) mass is 411 g/mol. The lowest BCUT2D eigenvalue weighted by Crippen LogP contribution is -2.49. The van der Waals surface area contributed by atoms with Crippen molar-refractivity contribution in [2.75, 3.05) is 13.7 Å². The van der Waals surface area contributed by atoms with E-state index in [-0.39, 0.29) is 11.5 Å². The van der Waals surface area contributed by atoms with E-state index in [9.17, 15) is 19.2 Å². The third-order valence-electron chi connectivity index (χ3n) is 4.81. The summed E-state index contributed by atoms with van der Waals surface area (Å²) in [7, 11) is 1.40. The highest BCUT2D eigenvalue weighted by Crippen LogP contribution is 2.31. The van der Waals surface area contributed by atoms with Crippen molar-refractivity contribution >= 4 is 24.1 Å². The van der Waals surface area contributed by atoms with Crippen LogP contribution in [-0.4, -0.2) is 42.9 Å². The van der Waals surface area contributed by atoms with Gasteiger partial charge >= 0.3 is 6.03 Å². The van der Waals surface area contributed by atoms with Gasteiger partial charge in [0.2, 0.25) is 0 Å². The van der Waals surface area contributed by atoms with Crippen LogP contribution < -0.4 is 20.2 Å². The van der Waals surface area contributed by atoms with E-state index in [4.69, 9.17) is 9.47 Å². The van der Waals surface area contributed by atoms with Crippen LogP contribution in [0.25, 0.3) is 0 Å². The molecule has 1 fully saturated rings. The highest BCUT2D eigenvalue weighted by molar-refractivity contribution is 6.08. The van der Waals surface area contributed by atoms with Gasteiger partial charge < -0.3 is 14.8 Å². The molecule has 0 bridgehead atoms. The van der Waals surface area contributed by atoms with E-state index in [1.807, 2.05) is 0 Å². The fourth-order valence-electron chi connectivity index (χ4n) is 3.22. The van der Waals surface area contributed by atoms with Gasteiger partial charge in [-0.2, -0.15) is 5.01 Å². The number of hydrazine groups is 1. The number of methoxy groups -OCH3 is 1. The first kappa shape index (κ1) is 20.8. The molecule has 1 aliphatic heterocycles. The molecule has 0 saturated carbocycles. The molecular weight excluding hydrogens is 390 g/mol. The molecule has 0 radical (unpaired) electrons. The minimum Gasteiger partial charge on any atom is -0.493 e. The number of hydrogen-bond acceptors (Lipinski definition) is 6. The van der Waals surface area contributed by atoms with Crippen molar-refractivity contribution in [1.82, 2.24) is 15.8 Å².